The molecule has 0 amide bonds. The first-order chi connectivity index (χ1) is 9.65. The number of halogens is 1. The Balaban J connectivity index is 1.96. The van der Waals surface area contributed by atoms with Gasteiger partial charge in [-0.15, -0.1) is 10.2 Å². The molecule has 3 aromatic rings. The third kappa shape index (κ3) is 2.20. The highest BCUT2D eigenvalue weighted by Gasteiger charge is 2.16. The first kappa shape index (κ1) is 12.5. The van der Waals surface area contributed by atoms with Gasteiger partial charge in [0.05, 0.1) is 5.56 Å². The van der Waals surface area contributed by atoms with Gasteiger partial charge in [0.1, 0.15) is 11.5 Å². The molecule has 0 bridgehead atoms. The van der Waals surface area contributed by atoms with Crippen molar-refractivity contribution in [2.45, 2.75) is 19.8 Å². The quantitative estimate of drug-likeness (QED) is 0.793. The number of rotatable bonds is 3. The van der Waals surface area contributed by atoms with Crippen molar-refractivity contribution in [1.29, 1.82) is 0 Å². The minimum Gasteiger partial charge on any atom is -0.414 e. The van der Waals surface area contributed by atoms with Crippen LogP contribution in [-0.4, -0.2) is 20.4 Å². The lowest BCUT2D eigenvalue weighted by Gasteiger charge is -1.96. The molecule has 20 heavy (non-hydrogen) atoms. The predicted molar refractivity (Wildman–Crippen MR) is 71.4 cm³/mol. The summed E-state index contributed by atoms with van der Waals surface area (Å²) >= 11 is 0. The van der Waals surface area contributed by atoms with E-state index in [2.05, 4.69) is 34.2 Å². The van der Waals surface area contributed by atoms with Crippen molar-refractivity contribution < 1.29 is 8.81 Å². The van der Waals surface area contributed by atoms with Crippen LogP contribution in [0.3, 0.4) is 0 Å². The summed E-state index contributed by atoms with van der Waals surface area (Å²) in [5.41, 5.74) is 1.82. The molecule has 0 radical (unpaired) electrons. The summed E-state index contributed by atoms with van der Waals surface area (Å²) in [7, 11) is 0. The Labute approximate surface area is 114 Å². The van der Waals surface area contributed by atoms with Crippen molar-refractivity contribution >= 4 is 0 Å². The standard InChI is InChI=1S/C14H13FN4O/c1-8(2)11-7-12(17-16-11)14-19-18-13(20-14)9-5-3-4-6-10(9)15/h3-8H,1-2H3,(H,16,17). The number of nitrogens with one attached hydrogen (secondary N) is 1. The predicted octanol–water partition coefficient (Wildman–Crippen LogP) is 3.39. The summed E-state index contributed by atoms with van der Waals surface area (Å²) < 4.78 is 19.1. The van der Waals surface area contributed by atoms with Crippen molar-refractivity contribution in [3.05, 3.63) is 41.8 Å². The van der Waals surface area contributed by atoms with E-state index in [0.717, 1.165) is 5.69 Å². The molecule has 0 spiro atoms. The van der Waals surface area contributed by atoms with Gasteiger partial charge in [-0.2, -0.15) is 5.10 Å². The molecule has 0 aliphatic rings. The molecule has 0 fully saturated rings. The van der Waals surface area contributed by atoms with Gasteiger partial charge in [-0.3, -0.25) is 5.10 Å². The Bertz CT molecular complexity index is 732. The third-order valence-corrected chi connectivity index (χ3v) is 2.97. The van der Waals surface area contributed by atoms with Crippen LogP contribution in [0.15, 0.2) is 34.7 Å². The van der Waals surface area contributed by atoms with Crippen LogP contribution < -0.4 is 0 Å². The minimum absolute atomic E-state index is 0.146. The van der Waals surface area contributed by atoms with Crippen LogP contribution in [0, 0.1) is 5.82 Å². The minimum atomic E-state index is -0.396. The zero-order valence-electron chi connectivity index (χ0n) is 11.1. The molecule has 0 aliphatic carbocycles. The average molecular weight is 272 g/mol. The molecule has 3 rings (SSSR count). The molecule has 2 heterocycles. The van der Waals surface area contributed by atoms with Crippen LogP contribution in [-0.2, 0) is 0 Å². The summed E-state index contributed by atoms with van der Waals surface area (Å²) in [5, 5.41) is 14.8. The Morgan fingerprint density at radius 1 is 1.15 bits per heavy atom. The molecular formula is C14H13FN4O. The smallest absolute Gasteiger partial charge is 0.268 e. The molecule has 5 nitrogen and oxygen atoms in total. The first-order valence-corrected chi connectivity index (χ1v) is 6.29. The molecule has 0 saturated carbocycles. The van der Waals surface area contributed by atoms with Crippen LogP contribution in [0.25, 0.3) is 23.0 Å². The summed E-state index contributed by atoms with van der Waals surface area (Å²) in [5.74, 6) is 0.344. The molecule has 1 N–H and O–H groups in total. The van der Waals surface area contributed by atoms with Crippen molar-refractivity contribution in [3.8, 4) is 23.0 Å². The fraction of sp³-hybridized carbons (Fsp3) is 0.214. The van der Waals surface area contributed by atoms with E-state index in [1.165, 1.54) is 6.07 Å². The van der Waals surface area contributed by atoms with Gasteiger partial charge >= 0.3 is 0 Å². The van der Waals surface area contributed by atoms with E-state index in [0.29, 0.717) is 11.6 Å². The second-order valence-corrected chi connectivity index (χ2v) is 4.76. The van der Waals surface area contributed by atoms with E-state index in [1.54, 1.807) is 18.2 Å². The number of hydrogen-bond donors (Lipinski definition) is 1. The third-order valence-electron chi connectivity index (χ3n) is 2.97. The van der Waals surface area contributed by atoms with Gasteiger partial charge in [-0.25, -0.2) is 4.39 Å². The van der Waals surface area contributed by atoms with Crippen molar-refractivity contribution in [1.82, 2.24) is 20.4 Å². The number of hydrogen-bond acceptors (Lipinski definition) is 4. The lowest BCUT2D eigenvalue weighted by atomic mass is 10.1. The highest BCUT2D eigenvalue weighted by atomic mass is 19.1. The Hall–Kier alpha value is -2.50. The highest BCUT2D eigenvalue weighted by Crippen LogP contribution is 2.25. The van der Waals surface area contributed by atoms with E-state index in [4.69, 9.17) is 4.42 Å². The van der Waals surface area contributed by atoms with Gasteiger partial charge < -0.3 is 4.42 Å². The molecule has 0 saturated heterocycles. The van der Waals surface area contributed by atoms with Gasteiger partial charge in [-0.05, 0) is 24.1 Å². The molecule has 6 heteroatoms. The molecule has 0 atom stereocenters. The lowest BCUT2D eigenvalue weighted by molar-refractivity contribution is 0.568. The van der Waals surface area contributed by atoms with E-state index >= 15 is 0 Å². The molecule has 0 aliphatic heterocycles. The van der Waals surface area contributed by atoms with E-state index < -0.39 is 5.82 Å². The fourth-order valence-electron chi connectivity index (χ4n) is 1.81. The fourth-order valence-corrected chi connectivity index (χ4v) is 1.81. The molecule has 102 valence electrons. The molecule has 2 aromatic heterocycles. The maximum atomic E-state index is 13.6. The maximum absolute atomic E-state index is 13.6. The Morgan fingerprint density at radius 2 is 1.90 bits per heavy atom. The lowest BCUT2D eigenvalue weighted by Crippen LogP contribution is -1.85. The van der Waals surface area contributed by atoms with Gasteiger partial charge in [0.2, 0.25) is 0 Å². The number of aromatic amines is 1. The number of H-pyrrole nitrogens is 1. The summed E-state index contributed by atoms with van der Waals surface area (Å²) in [6.07, 6.45) is 0. The Morgan fingerprint density at radius 3 is 2.60 bits per heavy atom. The zero-order chi connectivity index (χ0) is 14.1. The van der Waals surface area contributed by atoms with E-state index in [1.807, 2.05) is 6.07 Å². The highest BCUT2D eigenvalue weighted by molar-refractivity contribution is 5.56. The van der Waals surface area contributed by atoms with Gasteiger partial charge in [0, 0.05) is 5.69 Å². The number of aromatic nitrogens is 4. The molecular weight excluding hydrogens is 259 g/mol. The summed E-state index contributed by atoms with van der Waals surface area (Å²) in [4.78, 5) is 0. The van der Waals surface area contributed by atoms with Crippen LogP contribution in [0.5, 0.6) is 0 Å². The Kier molecular flexibility index (Phi) is 3.06. The van der Waals surface area contributed by atoms with Gasteiger partial charge in [-0.1, -0.05) is 26.0 Å². The van der Waals surface area contributed by atoms with Crippen molar-refractivity contribution in [3.63, 3.8) is 0 Å². The summed E-state index contributed by atoms with van der Waals surface area (Å²) in [6, 6.07) is 8.12. The van der Waals surface area contributed by atoms with Crippen molar-refractivity contribution in [2.24, 2.45) is 0 Å². The van der Waals surface area contributed by atoms with Crippen LogP contribution >= 0.6 is 0 Å². The van der Waals surface area contributed by atoms with Crippen LogP contribution in [0.1, 0.15) is 25.5 Å². The number of benzene rings is 1. The van der Waals surface area contributed by atoms with Gasteiger partial charge in [0.15, 0.2) is 0 Å². The number of nitrogens with zero attached hydrogens (tertiary/aromatic N) is 3. The normalized spacial score (nSPS) is 11.2. The second-order valence-electron chi connectivity index (χ2n) is 4.76. The average Bonchev–Trinajstić information content (AvgIpc) is 3.08. The monoisotopic (exact) mass is 272 g/mol. The van der Waals surface area contributed by atoms with E-state index in [-0.39, 0.29) is 17.3 Å². The first-order valence-electron chi connectivity index (χ1n) is 6.29. The largest absolute Gasteiger partial charge is 0.414 e. The molecule has 0 unspecified atom stereocenters. The van der Waals surface area contributed by atoms with Crippen LogP contribution in [0.4, 0.5) is 4.39 Å². The maximum Gasteiger partial charge on any atom is 0.268 e. The van der Waals surface area contributed by atoms with Crippen molar-refractivity contribution in [2.75, 3.05) is 0 Å². The SMILES string of the molecule is CC(C)c1cc(-c2nnc(-c3ccccc3F)o2)n[nH]1. The second kappa shape index (κ2) is 4.88. The van der Waals surface area contributed by atoms with Crippen LogP contribution in [0.2, 0.25) is 0 Å². The topological polar surface area (TPSA) is 67.6 Å². The van der Waals surface area contributed by atoms with Gasteiger partial charge in [0.25, 0.3) is 11.8 Å². The molecule has 1 aromatic carbocycles. The zero-order valence-corrected chi connectivity index (χ0v) is 11.1. The summed E-state index contributed by atoms with van der Waals surface area (Å²) in [6.45, 7) is 4.10. The van der Waals surface area contributed by atoms with E-state index in [9.17, 15) is 4.39 Å².